The number of aliphatic hydroxyl groups excluding tert-OH is 1. The summed E-state index contributed by atoms with van der Waals surface area (Å²) in [5.74, 6) is 0.452. The molecule has 0 bridgehead atoms. The summed E-state index contributed by atoms with van der Waals surface area (Å²) in [7, 11) is 0. The van der Waals surface area contributed by atoms with Crippen molar-refractivity contribution in [1.29, 1.82) is 0 Å². The SMILES string of the molecule is CC1CCC2C(C)(C)C(O)CCC2(C)C12Cc1c(cc3c(c1O)CN(CCCCC(=O)O)C3=O)O2. The second kappa shape index (κ2) is 8.12. The van der Waals surface area contributed by atoms with Crippen LogP contribution < -0.4 is 4.74 Å². The van der Waals surface area contributed by atoms with E-state index in [1.165, 1.54) is 0 Å². The molecule has 7 heteroatoms. The first kappa shape index (κ1) is 24.4. The number of carbonyl (C=O) groups excluding carboxylic acids is 1. The number of benzene rings is 1. The normalized spacial score (nSPS) is 34.9. The van der Waals surface area contributed by atoms with E-state index in [-0.39, 0.29) is 40.9 Å². The highest BCUT2D eigenvalue weighted by atomic mass is 16.5. The smallest absolute Gasteiger partial charge is 0.303 e. The quantitative estimate of drug-likeness (QED) is 0.530. The fourth-order valence-corrected chi connectivity index (χ4v) is 8.07. The summed E-state index contributed by atoms with van der Waals surface area (Å²) in [6.45, 7) is 9.76. The Hall–Kier alpha value is -2.28. The number of hydrogen-bond acceptors (Lipinski definition) is 5. The van der Waals surface area contributed by atoms with Crippen LogP contribution >= 0.6 is 0 Å². The molecule has 0 saturated heterocycles. The lowest BCUT2D eigenvalue weighted by molar-refractivity contribution is -0.210. The van der Waals surface area contributed by atoms with Gasteiger partial charge in [0.15, 0.2) is 0 Å². The molecule has 35 heavy (non-hydrogen) atoms. The summed E-state index contributed by atoms with van der Waals surface area (Å²) in [5.41, 5.74) is 1.14. The zero-order valence-electron chi connectivity index (χ0n) is 21.4. The molecular formula is C28H39NO6. The summed E-state index contributed by atoms with van der Waals surface area (Å²) >= 11 is 0. The van der Waals surface area contributed by atoms with Gasteiger partial charge in [0.2, 0.25) is 0 Å². The Kier molecular flexibility index (Phi) is 5.66. The van der Waals surface area contributed by atoms with E-state index >= 15 is 0 Å². The molecule has 5 rings (SSSR count). The molecule has 2 heterocycles. The number of aromatic hydroxyl groups is 1. The number of ether oxygens (including phenoxy) is 1. The molecule has 0 aromatic heterocycles. The Morgan fingerprint density at radius 1 is 1.17 bits per heavy atom. The predicted octanol–water partition coefficient (Wildman–Crippen LogP) is 4.51. The molecule has 2 fully saturated rings. The topological polar surface area (TPSA) is 107 Å². The summed E-state index contributed by atoms with van der Waals surface area (Å²) < 4.78 is 6.89. The lowest BCUT2D eigenvalue weighted by Gasteiger charge is -2.64. The van der Waals surface area contributed by atoms with Crippen LogP contribution in [0.1, 0.15) is 94.1 Å². The predicted molar refractivity (Wildman–Crippen MR) is 130 cm³/mol. The molecule has 5 atom stereocenters. The summed E-state index contributed by atoms with van der Waals surface area (Å²) in [6.07, 6.45) is 5.21. The van der Waals surface area contributed by atoms with Crippen LogP contribution in [0.15, 0.2) is 6.07 Å². The Bertz CT molecular complexity index is 1070. The number of hydrogen-bond donors (Lipinski definition) is 3. The highest BCUT2D eigenvalue weighted by Gasteiger charge is 2.67. The molecular weight excluding hydrogens is 446 g/mol. The lowest BCUT2D eigenvalue weighted by atomic mass is 9.43. The minimum atomic E-state index is -0.829. The van der Waals surface area contributed by atoms with Crippen molar-refractivity contribution in [3.63, 3.8) is 0 Å². The van der Waals surface area contributed by atoms with Crippen LogP contribution in [0.25, 0.3) is 0 Å². The van der Waals surface area contributed by atoms with Crippen LogP contribution in [0.5, 0.6) is 11.5 Å². The number of phenols is 1. The van der Waals surface area contributed by atoms with Crippen molar-refractivity contribution >= 4 is 11.9 Å². The van der Waals surface area contributed by atoms with Crippen molar-refractivity contribution < 1.29 is 29.6 Å². The molecule has 1 spiro atoms. The van der Waals surface area contributed by atoms with Crippen LogP contribution in [-0.4, -0.2) is 50.3 Å². The third-order valence-corrected chi connectivity index (χ3v) is 10.3. The van der Waals surface area contributed by atoms with Crippen molar-refractivity contribution in [2.45, 2.75) is 97.3 Å². The van der Waals surface area contributed by atoms with Gasteiger partial charge in [-0.05, 0) is 61.8 Å². The molecule has 192 valence electrons. The summed E-state index contributed by atoms with van der Waals surface area (Å²) in [4.78, 5) is 25.6. The molecule has 4 aliphatic rings. The van der Waals surface area contributed by atoms with E-state index in [1.54, 1.807) is 4.90 Å². The highest BCUT2D eigenvalue weighted by molar-refractivity contribution is 6.00. The average Bonchev–Trinajstić information content (AvgIpc) is 3.33. The largest absolute Gasteiger partial charge is 0.507 e. The van der Waals surface area contributed by atoms with Gasteiger partial charge in [0.25, 0.3) is 5.91 Å². The van der Waals surface area contributed by atoms with Gasteiger partial charge in [0, 0.05) is 35.9 Å². The number of unbranched alkanes of at least 4 members (excludes halogenated alkanes) is 1. The van der Waals surface area contributed by atoms with E-state index in [0.717, 1.165) is 31.2 Å². The van der Waals surface area contributed by atoms with E-state index in [4.69, 9.17) is 9.84 Å². The number of carboxylic acid groups (broad SMARTS) is 1. The lowest BCUT2D eigenvalue weighted by Crippen LogP contribution is -2.66. The van der Waals surface area contributed by atoms with Crippen LogP contribution in [0.4, 0.5) is 0 Å². The first-order chi connectivity index (χ1) is 16.4. The van der Waals surface area contributed by atoms with Crippen molar-refractivity contribution in [2.75, 3.05) is 6.54 Å². The Balaban J connectivity index is 1.43. The van der Waals surface area contributed by atoms with Crippen LogP contribution in [0.2, 0.25) is 0 Å². The molecule has 1 aromatic carbocycles. The molecule has 3 N–H and O–H groups in total. The fraction of sp³-hybridized carbons (Fsp3) is 0.714. The molecule has 1 amide bonds. The van der Waals surface area contributed by atoms with E-state index < -0.39 is 11.6 Å². The number of aliphatic hydroxyl groups is 1. The number of aliphatic carboxylic acids is 1. The van der Waals surface area contributed by atoms with E-state index in [9.17, 15) is 19.8 Å². The van der Waals surface area contributed by atoms with Gasteiger partial charge in [-0.25, -0.2) is 0 Å². The number of carbonyl (C=O) groups is 2. The fourth-order valence-electron chi connectivity index (χ4n) is 8.07. The number of amides is 1. The average molecular weight is 486 g/mol. The number of carboxylic acids is 1. The number of fused-ring (bicyclic) bond motifs is 4. The number of rotatable bonds is 5. The minimum absolute atomic E-state index is 0.0935. The highest BCUT2D eigenvalue weighted by Crippen LogP contribution is 2.66. The second-order valence-electron chi connectivity index (χ2n) is 12.3. The van der Waals surface area contributed by atoms with Crippen LogP contribution in [-0.2, 0) is 17.8 Å². The number of phenolic OH excluding ortho intramolecular Hbond substituents is 1. The van der Waals surface area contributed by atoms with Gasteiger partial charge in [-0.1, -0.05) is 27.7 Å². The van der Waals surface area contributed by atoms with Gasteiger partial charge >= 0.3 is 5.97 Å². The molecule has 2 aliphatic carbocycles. The Morgan fingerprint density at radius 3 is 2.63 bits per heavy atom. The first-order valence-corrected chi connectivity index (χ1v) is 13.2. The Labute approximate surface area is 207 Å². The zero-order chi connectivity index (χ0) is 25.3. The standard InChI is InChI=1S/C28H39NO6/c1-16-8-9-21-26(2,3)22(30)10-11-27(21,4)28(16)14-18-20(35-28)13-17-19(24(18)33)15-29(25(17)34)12-6-5-7-23(31)32/h13,16,21-22,30,33H,5-12,14-15H2,1-4H3,(H,31,32). The van der Waals surface area contributed by atoms with Gasteiger partial charge in [-0.2, -0.15) is 0 Å². The van der Waals surface area contributed by atoms with Crippen LogP contribution in [0, 0.1) is 22.7 Å². The maximum absolute atomic E-state index is 13.1. The third kappa shape index (κ3) is 3.40. The van der Waals surface area contributed by atoms with Gasteiger partial charge in [-0.3, -0.25) is 9.59 Å². The molecule has 2 saturated carbocycles. The maximum Gasteiger partial charge on any atom is 0.303 e. The molecule has 1 aromatic rings. The summed E-state index contributed by atoms with van der Waals surface area (Å²) in [6, 6.07) is 1.83. The van der Waals surface area contributed by atoms with Crippen molar-refractivity contribution in [3.8, 4) is 11.5 Å². The Morgan fingerprint density at radius 2 is 1.91 bits per heavy atom. The molecule has 7 nitrogen and oxygen atoms in total. The van der Waals surface area contributed by atoms with Crippen molar-refractivity contribution in [3.05, 3.63) is 22.8 Å². The molecule has 5 unspecified atom stereocenters. The second-order valence-corrected chi connectivity index (χ2v) is 12.3. The van der Waals surface area contributed by atoms with Gasteiger partial charge in [-0.15, -0.1) is 0 Å². The van der Waals surface area contributed by atoms with Crippen LogP contribution in [0.3, 0.4) is 0 Å². The molecule has 0 radical (unpaired) electrons. The maximum atomic E-state index is 13.1. The van der Waals surface area contributed by atoms with Crippen molar-refractivity contribution in [2.24, 2.45) is 22.7 Å². The van der Waals surface area contributed by atoms with E-state index in [1.807, 2.05) is 6.07 Å². The van der Waals surface area contributed by atoms with Crippen molar-refractivity contribution in [1.82, 2.24) is 4.90 Å². The monoisotopic (exact) mass is 485 g/mol. The molecule has 2 aliphatic heterocycles. The third-order valence-electron chi connectivity index (χ3n) is 10.3. The zero-order valence-corrected chi connectivity index (χ0v) is 21.4. The first-order valence-electron chi connectivity index (χ1n) is 13.2. The van der Waals surface area contributed by atoms with Gasteiger partial charge in [0.1, 0.15) is 17.1 Å². The van der Waals surface area contributed by atoms with Gasteiger partial charge in [0.05, 0.1) is 18.2 Å². The van der Waals surface area contributed by atoms with Gasteiger partial charge < -0.3 is 25.0 Å². The van der Waals surface area contributed by atoms with E-state index in [2.05, 4.69) is 27.7 Å². The minimum Gasteiger partial charge on any atom is -0.507 e. The number of nitrogens with zero attached hydrogens (tertiary/aromatic N) is 1. The summed E-state index contributed by atoms with van der Waals surface area (Å²) in [5, 5.41) is 31.0. The van der Waals surface area contributed by atoms with E-state index in [0.29, 0.717) is 55.1 Å².